The highest BCUT2D eigenvalue weighted by atomic mass is 79.9. The monoisotopic (exact) mass is 496 g/mol. The molecule has 4 aromatic rings. The lowest BCUT2D eigenvalue weighted by molar-refractivity contribution is 0.475. The van der Waals surface area contributed by atoms with E-state index in [0.717, 1.165) is 14.5 Å². The average Bonchev–Trinajstić information content (AvgIpc) is 2.70. The van der Waals surface area contributed by atoms with Crippen molar-refractivity contribution in [1.82, 2.24) is 9.55 Å². The summed E-state index contributed by atoms with van der Waals surface area (Å²) in [5.41, 5.74) is 2.08. The Balaban J connectivity index is 1.97. The van der Waals surface area contributed by atoms with Crippen LogP contribution in [0.1, 0.15) is 11.4 Å². The molecule has 1 aromatic heterocycles. The molecule has 138 valence electrons. The van der Waals surface area contributed by atoms with E-state index in [0.29, 0.717) is 22.4 Å². The molecule has 0 aliphatic rings. The van der Waals surface area contributed by atoms with Crippen LogP contribution in [0.2, 0.25) is 0 Å². The predicted molar refractivity (Wildman–Crippen MR) is 120 cm³/mol. The molecule has 0 fully saturated rings. The van der Waals surface area contributed by atoms with Gasteiger partial charge in [0.15, 0.2) is 0 Å². The van der Waals surface area contributed by atoms with E-state index in [1.807, 2.05) is 42.5 Å². The second-order valence-electron chi connectivity index (χ2n) is 6.15. The third-order valence-corrected chi connectivity index (χ3v) is 5.43. The summed E-state index contributed by atoms with van der Waals surface area (Å²) in [4.78, 5) is 18.0. The normalized spacial score (nSPS) is 11.4. The summed E-state index contributed by atoms with van der Waals surface area (Å²) in [6.45, 7) is 0. The van der Waals surface area contributed by atoms with Crippen molar-refractivity contribution in [2.75, 3.05) is 0 Å². The maximum Gasteiger partial charge on any atom is 0.266 e. The first-order chi connectivity index (χ1) is 13.5. The van der Waals surface area contributed by atoms with Gasteiger partial charge in [0.2, 0.25) is 0 Å². The lowest BCUT2D eigenvalue weighted by Gasteiger charge is -2.13. The number of aromatic hydroxyl groups is 1. The Morgan fingerprint density at radius 1 is 0.929 bits per heavy atom. The lowest BCUT2D eigenvalue weighted by atomic mass is 10.2. The molecule has 4 nitrogen and oxygen atoms in total. The van der Waals surface area contributed by atoms with E-state index in [1.165, 1.54) is 0 Å². The Morgan fingerprint density at radius 3 is 2.46 bits per heavy atom. The molecule has 0 aliphatic carbocycles. The van der Waals surface area contributed by atoms with Gasteiger partial charge in [-0.05, 0) is 70.0 Å². The fourth-order valence-corrected chi connectivity index (χ4v) is 3.68. The first kappa shape index (κ1) is 18.7. The van der Waals surface area contributed by atoms with Crippen LogP contribution in [0.25, 0.3) is 28.7 Å². The van der Waals surface area contributed by atoms with Crippen LogP contribution >= 0.6 is 31.9 Å². The highest BCUT2D eigenvalue weighted by Crippen LogP contribution is 2.26. The van der Waals surface area contributed by atoms with Crippen LogP contribution < -0.4 is 5.56 Å². The smallest absolute Gasteiger partial charge is 0.266 e. The molecular weight excluding hydrogens is 484 g/mol. The standard InChI is InChI=1S/C22H14Br2N2O2/c23-15-8-11-18(24)20(13-15)26-21(12-7-14-5-9-16(27)10-6-14)25-19-4-2-1-3-17(19)22(26)28/h1-13,27H. The van der Waals surface area contributed by atoms with Crippen molar-refractivity contribution in [2.45, 2.75) is 0 Å². The first-order valence-electron chi connectivity index (χ1n) is 8.47. The van der Waals surface area contributed by atoms with Gasteiger partial charge >= 0.3 is 0 Å². The molecule has 28 heavy (non-hydrogen) atoms. The van der Waals surface area contributed by atoms with E-state index in [-0.39, 0.29) is 11.3 Å². The van der Waals surface area contributed by atoms with Crippen LogP contribution in [0.3, 0.4) is 0 Å². The summed E-state index contributed by atoms with van der Waals surface area (Å²) >= 11 is 7.02. The third kappa shape index (κ3) is 3.66. The number of phenols is 1. The maximum atomic E-state index is 13.3. The molecule has 0 atom stereocenters. The van der Waals surface area contributed by atoms with Gasteiger partial charge in [-0.15, -0.1) is 0 Å². The van der Waals surface area contributed by atoms with Crippen molar-refractivity contribution in [3.63, 3.8) is 0 Å². The van der Waals surface area contributed by atoms with Crippen LogP contribution in [0.4, 0.5) is 0 Å². The van der Waals surface area contributed by atoms with Gasteiger partial charge in [-0.2, -0.15) is 0 Å². The molecule has 0 bridgehead atoms. The van der Waals surface area contributed by atoms with Crippen LogP contribution in [-0.4, -0.2) is 14.7 Å². The van der Waals surface area contributed by atoms with E-state index < -0.39 is 0 Å². The summed E-state index contributed by atoms with van der Waals surface area (Å²) < 4.78 is 3.24. The molecule has 4 rings (SSSR count). The minimum absolute atomic E-state index is 0.144. The molecule has 0 saturated heterocycles. The second kappa shape index (κ2) is 7.73. The molecule has 3 aromatic carbocycles. The summed E-state index contributed by atoms with van der Waals surface area (Å²) in [6, 6.07) is 19.8. The topological polar surface area (TPSA) is 55.1 Å². The first-order valence-corrected chi connectivity index (χ1v) is 10.1. The minimum atomic E-state index is -0.144. The van der Waals surface area contributed by atoms with Gasteiger partial charge in [-0.3, -0.25) is 9.36 Å². The number of hydrogen-bond acceptors (Lipinski definition) is 3. The molecule has 6 heteroatoms. The molecule has 0 saturated carbocycles. The zero-order valence-electron chi connectivity index (χ0n) is 14.5. The second-order valence-corrected chi connectivity index (χ2v) is 7.92. The van der Waals surface area contributed by atoms with E-state index in [4.69, 9.17) is 4.98 Å². The zero-order valence-corrected chi connectivity index (χ0v) is 17.7. The number of halogens is 2. The van der Waals surface area contributed by atoms with Gasteiger partial charge in [0.05, 0.1) is 16.6 Å². The Morgan fingerprint density at radius 2 is 1.68 bits per heavy atom. The van der Waals surface area contributed by atoms with Crippen LogP contribution in [0, 0.1) is 0 Å². The quantitative estimate of drug-likeness (QED) is 0.390. The van der Waals surface area contributed by atoms with Crippen molar-refractivity contribution >= 4 is 54.9 Å². The average molecular weight is 498 g/mol. The van der Waals surface area contributed by atoms with Gasteiger partial charge < -0.3 is 5.11 Å². The molecule has 0 spiro atoms. The Bertz CT molecular complexity index is 1260. The van der Waals surface area contributed by atoms with Gasteiger partial charge in [-0.25, -0.2) is 4.98 Å². The molecule has 0 aliphatic heterocycles. The van der Waals surface area contributed by atoms with Crippen LogP contribution in [0.5, 0.6) is 5.75 Å². The summed E-state index contributed by atoms with van der Waals surface area (Å²) in [6.07, 6.45) is 3.66. The Labute approximate surface area is 178 Å². The lowest BCUT2D eigenvalue weighted by Crippen LogP contribution is -2.22. The number of benzene rings is 3. The number of rotatable bonds is 3. The highest BCUT2D eigenvalue weighted by molar-refractivity contribution is 9.11. The van der Waals surface area contributed by atoms with E-state index in [2.05, 4.69) is 31.9 Å². The number of phenolic OH excluding ortho intramolecular Hbond substituents is 1. The third-order valence-electron chi connectivity index (χ3n) is 4.27. The number of aromatic nitrogens is 2. The fourth-order valence-electron chi connectivity index (χ4n) is 2.91. The van der Waals surface area contributed by atoms with Gasteiger partial charge in [0, 0.05) is 8.95 Å². The predicted octanol–water partition coefficient (Wildman–Crippen LogP) is 5.79. The number of hydrogen-bond donors (Lipinski definition) is 1. The van der Waals surface area contributed by atoms with Crippen molar-refractivity contribution < 1.29 is 5.11 Å². The van der Waals surface area contributed by atoms with Crippen LogP contribution in [0.15, 0.2) is 80.5 Å². The maximum absolute atomic E-state index is 13.3. The highest BCUT2D eigenvalue weighted by Gasteiger charge is 2.13. The van der Waals surface area contributed by atoms with Crippen molar-refractivity contribution in [1.29, 1.82) is 0 Å². The summed E-state index contributed by atoms with van der Waals surface area (Å²) in [7, 11) is 0. The molecule has 0 unspecified atom stereocenters. The minimum Gasteiger partial charge on any atom is -0.508 e. The summed E-state index contributed by atoms with van der Waals surface area (Å²) in [5.74, 6) is 0.714. The Hall–Kier alpha value is -2.70. The molecule has 1 heterocycles. The van der Waals surface area contributed by atoms with Gasteiger partial charge in [-0.1, -0.05) is 46.3 Å². The SMILES string of the molecule is O=c1c2ccccc2nc(C=Cc2ccc(O)cc2)n1-c1cc(Br)ccc1Br. The zero-order chi connectivity index (χ0) is 19.7. The molecular formula is C22H14Br2N2O2. The number of fused-ring (bicyclic) bond motifs is 1. The number of para-hydroxylation sites is 1. The molecule has 0 radical (unpaired) electrons. The van der Waals surface area contributed by atoms with Gasteiger partial charge in [0.25, 0.3) is 5.56 Å². The van der Waals surface area contributed by atoms with E-state index in [9.17, 15) is 9.90 Å². The van der Waals surface area contributed by atoms with Crippen LogP contribution in [-0.2, 0) is 0 Å². The van der Waals surface area contributed by atoms with E-state index in [1.54, 1.807) is 41.0 Å². The van der Waals surface area contributed by atoms with E-state index >= 15 is 0 Å². The molecule has 1 N–H and O–H groups in total. The number of nitrogens with zero attached hydrogens (tertiary/aromatic N) is 2. The van der Waals surface area contributed by atoms with Crippen molar-refractivity contribution in [3.05, 3.63) is 97.4 Å². The van der Waals surface area contributed by atoms with Crippen molar-refractivity contribution in [2.24, 2.45) is 0 Å². The molecule has 0 amide bonds. The largest absolute Gasteiger partial charge is 0.508 e. The fraction of sp³-hybridized carbons (Fsp3) is 0. The van der Waals surface area contributed by atoms with Crippen molar-refractivity contribution in [3.8, 4) is 11.4 Å². The summed E-state index contributed by atoms with van der Waals surface area (Å²) in [5, 5.41) is 10.0. The van der Waals surface area contributed by atoms with Gasteiger partial charge in [0.1, 0.15) is 11.6 Å². The Kier molecular flexibility index (Phi) is 5.15.